The monoisotopic (exact) mass is 418 g/mol. The van der Waals surface area contributed by atoms with Crippen molar-refractivity contribution < 1.29 is 9.18 Å². The Morgan fingerprint density at radius 3 is 2.40 bits per heavy atom. The van der Waals surface area contributed by atoms with Gasteiger partial charge < -0.3 is 0 Å². The smallest absolute Gasteiger partial charge is 0.196 e. The van der Waals surface area contributed by atoms with Crippen molar-refractivity contribution in [3.63, 3.8) is 0 Å². The topological polar surface area (TPSA) is 60.7 Å². The largest absolute Gasteiger partial charge is 0.294 e. The number of nitrogens with zero attached hydrogens (tertiary/aromatic N) is 4. The molecule has 0 unspecified atom stereocenters. The molecular weight excluding hydrogens is 399 g/mol. The fourth-order valence-electron chi connectivity index (χ4n) is 3.04. The summed E-state index contributed by atoms with van der Waals surface area (Å²) >= 11 is 1.53. The minimum Gasteiger partial charge on any atom is -0.294 e. The molecule has 0 saturated carbocycles. The Kier molecular flexibility index (Phi) is 6.29. The van der Waals surface area contributed by atoms with Crippen LogP contribution in [0, 0.1) is 5.82 Å². The van der Waals surface area contributed by atoms with E-state index in [1.807, 2.05) is 47.0 Å². The first-order chi connectivity index (χ1) is 14.7. The Hall–Kier alpha value is -3.32. The summed E-state index contributed by atoms with van der Waals surface area (Å²) in [7, 11) is 0. The molecule has 0 aliphatic carbocycles. The van der Waals surface area contributed by atoms with Gasteiger partial charge in [0.15, 0.2) is 16.8 Å². The van der Waals surface area contributed by atoms with Crippen LogP contribution in [0.25, 0.3) is 17.1 Å². The van der Waals surface area contributed by atoms with Gasteiger partial charge in [0.05, 0.1) is 0 Å². The first kappa shape index (κ1) is 20.0. The van der Waals surface area contributed by atoms with E-state index in [2.05, 4.69) is 15.2 Å². The molecule has 4 aromatic rings. The number of pyridine rings is 1. The van der Waals surface area contributed by atoms with Crippen molar-refractivity contribution in [3.8, 4) is 17.1 Å². The summed E-state index contributed by atoms with van der Waals surface area (Å²) in [4.78, 5) is 16.3. The average Bonchev–Trinajstić information content (AvgIpc) is 3.22. The minimum atomic E-state index is -0.300. The highest BCUT2D eigenvalue weighted by atomic mass is 32.2. The van der Waals surface area contributed by atoms with Crippen LogP contribution in [0.2, 0.25) is 0 Å². The van der Waals surface area contributed by atoms with Crippen LogP contribution in [0.5, 0.6) is 0 Å². The quantitative estimate of drug-likeness (QED) is 0.223. The standard InChI is InChI=1S/C23H19FN4OS/c24-19-8-10-20(11-9-19)28-22(18-12-14-25-15-13-18)26-27-23(28)30-16-4-7-21(29)17-5-2-1-3-6-17/h1-3,5-6,8-15H,4,7,16H2. The van der Waals surface area contributed by atoms with Gasteiger partial charge in [-0.05, 0) is 42.8 Å². The number of aromatic nitrogens is 4. The number of halogens is 1. The van der Waals surface area contributed by atoms with Crippen molar-refractivity contribution in [2.75, 3.05) is 5.75 Å². The van der Waals surface area contributed by atoms with Crippen LogP contribution in [0.4, 0.5) is 4.39 Å². The number of ketones is 1. The van der Waals surface area contributed by atoms with Gasteiger partial charge in [0.1, 0.15) is 5.82 Å². The van der Waals surface area contributed by atoms with Crippen LogP contribution in [-0.2, 0) is 0 Å². The summed E-state index contributed by atoms with van der Waals surface area (Å²) in [5.74, 6) is 1.21. The van der Waals surface area contributed by atoms with Gasteiger partial charge in [-0.2, -0.15) is 0 Å². The van der Waals surface area contributed by atoms with Crippen LogP contribution >= 0.6 is 11.8 Å². The van der Waals surface area contributed by atoms with Crippen molar-refractivity contribution in [1.82, 2.24) is 19.7 Å². The first-order valence-electron chi connectivity index (χ1n) is 9.55. The number of thioether (sulfide) groups is 1. The molecule has 0 bridgehead atoms. The van der Waals surface area contributed by atoms with Crippen LogP contribution in [0.15, 0.2) is 84.3 Å². The predicted octanol–water partition coefficient (Wildman–Crippen LogP) is 5.22. The number of hydrogen-bond acceptors (Lipinski definition) is 5. The zero-order valence-electron chi connectivity index (χ0n) is 16.1. The molecular formula is C23H19FN4OS. The van der Waals surface area contributed by atoms with E-state index in [1.165, 1.54) is 23.9 Å². The maximum atomic E-state index is 13.4. The Labute approximate surface area is 178 Å². The van der Waals surface area contributed by atoms with Gasteiger partial charge in [0, 0.05) is 41.4 Å². The van der Waals surface area contributed by atoms with Crippen molar-refractivity contribution in [3.05, 3.63) is 90.5 Å². The number of carbonyl (C=O) groups is 1. The third kappa shape index (κ3) is 4.63. The molecule has 0 aliphatic heterocycles. The second-order valence-corrected chi connectivity index (χ2v) is 7.66. The predicted molar refractivity (Wildman–Crippen MR) is 115 cm³/mol. The molecule has 30 heavy (non-hydrogen) atoms. The average molecular weight is 418 g/mol. The second-order valence-electron chi connectivity index (χ2n) is 6.60. The lowest BCUT2D eigenvalue weighted by molar-refractivity contribution is 0.0982. The summed E-state index contributed by atoms with van der Waals surface area (Å²) < 4.78 is 15.3. The van der Waals surface area contributed by atoms with Crippen molar-refractivity contribution >= 4 is 17.5 Å². The molecule has 0 radical (unpaired) electrons. The van der Waals surface area contributed by atoms with Crippen LogP contribution in [0.1, 0.15) is 23.2 Å². The summed E-state index contributed by atoms with van der Waals surface area (Å²) in [5, 5.41) is 9.39. The molecule has 4 rings (SSSR count). The summed E-state index contributed by atoms with van der Waals surface area (Å²) in [6.45, 7) is 0. The van der Waals surface area contributed by atoms with Crippen LogP contribution in [-0.4, -0.2) is 31.3 Å². The highest BCUT2D eigenvalue weighted by Gasteiger charge is 2.16. The number of Topliss-reactive ketones (excluding diaryl/α,β-unsaturated/α-hetero) is 1. The minimum absolute atomic E-state index is 0.133. The third-order valence-corrected chi connectivity index (χ3v) is 5.55. The molecule has 2 aromatic heterocycles. The van der Waals surface area contributed by atoms with Gasteiger partial charge in [-0.3, -0.25) is 14.3 Å². The van der Waals surface area contributed by atoms with E-state index in [9.17, 15) is 9.18 Å². The van der Waals surface area contributed by atoms with Crippen molar-refractivity contribution in [1.29, 1.82) is 0 Å². The molecule has 0 saturated heterocycles. The third-order valence-electron chi connectivity index (χ3n) is 4.53. The van der Waals surface area contributed by atoms with E-state index < -0.39 is 0 Å². The summed E-state index contributed by atoms with van der Waals surface area (Å²) in [6.07, 6.45) is 4.58. The number of benzene rings is 2. The van der Waals surface area contributed by atoms with Gasteiger partial charge >= 0.3 is 0 Å². The normalized spacial score (nSPS) is 10.8. The lowest BCUT2D eigenvalue weighted by Crippen LogP contribution is -2.01. The fraction of sp³-hybridized carbons (Fsp3) is 0.130. The van der Waals surface area contributed by atoms with E-state index in [4.69, 9.17) is 0 Å². The zero-order chi connectivity index (χ0) is 20.8. The van der Waals surface area contributed by atoms with E-state index in [0.717, 1.165) is 23.2 Å². The van der Waals surface area contributed by atoms with Crippen LogP contribution < -0.4 is 0 Å². The lowest BCUT2D eigenvalue weighted by atomic mass is 10.1. The second kappa shape index (κ2) is 9.45. The van der Waals surface area contributed by atoms with Gasteiger partial charge in [-0.25, -0.2) is 4.39 Å². The molecule has 0 N–H and O–H groups in total. The Morgan fingerprint density at radius 2 is 1.67 bits per heavy atom. The Bertz CT molecular complexity index is 1120. The molecule has 0 atom stereocenters. The molecule has 2 aromatic carbocycles. The molecule has 7 heteroatoms. The highest BCUT2D eigenvalue weighted by molar-refractivity contribution is 7.99. The number of hydrogen-bond donors (Lipinski definition) is 0. The van der Waals surface area contributed by atoms with Crippen LogP contribution in [0.3, 0.4) is 0 Å². The van der Waals surface area contributed by atoms with E-state index in [1.54, 1.807) is 24.5 Å². The highest BCUT2D eigenvalue weighted by Crippen LogP contribution is 2.28. The van der Waals surface area contributed by atoms with E-state index in [-0.39, 0.29) is 11.6 Å². The zero-order valence-corrected chi connectivity index (χ0v) is 16.9. The van der Waals surface area contributed by atoms with Gasteiger partial charge in [-0.15, -0.1) is 10.2 Å². The molecule has 2 heterocycles. The van der Waals surface area contributed by atoms with E-state index >= 15 is 0 Å². The maximum absolute atomic E-state index is 13.4. The number of rotatable bonds is 8. The van der Waals surface area contributed by atoms with Crippen molar-refractivity contribution in [2.24, 2.45) is 0 Å². The van der Waals surface area contributed by atoms with Crippen molar-refractivity contribution in [2.45, 2.75) is 18.0 Å². The van der Waals surface area contributed by atoms with E-state index in [0.29, 0.717) is 23.2 Å². The Morgan fingerprint density at radius 1 is 0.933 bits per heavy atom. The summed E-state index contributed by atoms with van der Waals surface area (Å²) in [5.41, 5.74) is 2.38. The molecule has 0 amide bonds. The summed E-state index contributed by atoms with van der Waals surface area (Å²) in [6, 6.07) is 19.3. The fourth-order valence-corrected chi connectivity index (χ4v) is 3.93. The van der Waals surface area contributed by atoms with Gasteiger partial charge in [-0.1, -0.05) is 42.1 Å². The number of carbonyl (C=O) groups excluding carboxylic acids is 1. The molecule has 0 aliphatic rings. The Balaban J connectivity index is 1.51. The molecule has 5 nitrogen and oxygen atoms in total. The first-order valence-corrected chi connectivity index (χ1v) is 10.5. The SMILES string of the molecule is O=C(CCCSc1nnc(-c2ccncc2)n1-c1ccc(F)cc1)c1ccccc1. The maximum Gasteiger partial charge on any atom is 0.196 e. The van der Waals surface area contributed by atoms with Gasteiger partial charge in [0.25, 0.3) is 0 Å². The lowest BCUT2D eigenvalue weighted by Gasteiger charge is -2.10. The molecule has 0 fully saturated rings. The molecule has 0 spiro atoms. The molecule has 150 valence electrons. The van der Waals surface area contributed by atoms with Gasteiger partial charge in [0.2, 0.25) is 0 Å².